The van der Waals surface area contributed by atoms with E-state index in [1.54, 1.807) is 0 Å². The fourth-order valence-corrected chi connectivity index (χ4v) is 2.97. The molecule has 4 heteroatoms. The van der Waals surface area contributed by atoms with Gasteiger partial charge in [0, 0.05) is 12.6 Å². The molecule has 3 rings (SSSR count). The number of aryl methyl sites for hydroxylation is 1. The van der Waals surface area contributed by atoms with E-state index in [0.717, 1.165) is 45.0 Å². The molecule has 1 fully saturated rings. The van der Waals surface area contributed by atoms with Gasteiger partial charge >= 0.3 is 0 Å². The van der Waals surface area contributed by atoms with Crippen molar-refractivity contribution >= 4 is 0 Å². The molecule has 0 aromatic heterocycles. The van der Waals surface area contributed by atoms with E-state index in [2.05, 4.69) is 28.8 Å². The predicted octanol–water partition coefficient (Wildman–Crippen LogP) is 1.26. The molecule has 2 heterocycles. The largest absolute Gasteiger partial charge is 0.493 e. The van der Waals surface area contributed by atoms with Gasteiger partial charge in [-0.05, 0) is 37.1 Å². The van der Waals surface area contributed by atoms with Crippen LogP contribution in [0.4, 0.5) is 0 Å². The van der Waals surface area contributed by atoms with E-state index in [1.807, 2.05) is 7.05 Å². The second-order valence-corrected chi connectivity index (χ2v) is 5.22. The summed E-state index contributed by atoms with van der Waals surface area (Å²) in [5, 5.41) is 6.94. The van der Waals surface area contributed by atoms with Crippen molar-refractivity contribution in [1.82, 2.24) is 10.6 Å². The van der Waals surface area contributed by atoms with Crippen LogP contribution in [0.25, 0.3) is 0 Å². The van der Waals surface area contributed by atoms with Crippen molar-refractivity contribution in [2.45, 2.75) is 24.9 Å². The van der Waals surface area contributed by atoms with Gasteiger partial charge in [-0.25, -0.2) is 0 Å². The van der Waals surface area contributed by atoms with Gasteiger partial charge in [0.1, 0.15) is 5.75 Å². The predicted molar refractivity (Wildman–Crippen MR) is 74.7 cm³/mol. The molecule has 0 amide bonds. The van der Waals surface area contributed by atoms with Crippen LogP contribution in [0.2, 0.25) is 0 Å². The van der Waals surface area contributed by atoms with Gasteiger partial charge in [0.15, 0.2) is 0 Å². The number of rotatable bonds is 3. The topological polar surface area (TPSA) is 42.5 Å². The number of hydrogen-bond donors (Lipinski definition) is 2. The van der Waals surface area contributed by atoms with Gasteiger partial charge < -0.3 is 20.1 Å². The minimum absolute atomic E-state index is 0.285. The van der Waals surface area contributed by atoms with Crippen LogP contribution >= 0.6 is 0 Å². The summed E-state index contributed by atoms with van der Waals surface area (Å²) in [6.45, 7) is 3.35. The normalized spacial score (nSPS) is 24.4. The molecule has 1 aromatic carbocycles. The average Bonchev–Trinajstić information content (AvgIpc) is 2.49. The Morgan fingerprint density at radius 2 is 2.32 bits per heavy atom. The summed E-state index contributed by atoms with van der Waals surface area (Å²) in [6, 6.07) is 7.18. The Kier molecular flexibility index (Phi) is 4.01. The van der Waals surface area contributed by atoms with Gasteiger partial charge in [-0.2, -0.15) is 0 Å². The lowest BCUT2D eigenvalue weighted by Crippen LogP contribution is -2.48. The first-order chi connectivity index (χ1) is 9.38. The van der Waals surface area contributed by atoms with E-state index >= 15 is 0 Å². The van der Waals surface area contributed by atoms with Crippen LogP contribution in [-0.4, -0.2) is 39.5 Å². The molecule has 4 nitrogen and oxygen atoms in total. The third-order valence-electron chi connectivity index (χ3n) is 3.96. The molecule has 0 saturated carbocycles. The van der Waals surface area contributed by atoms with E-state index in [0.29, 0.717) is 6.04 Å². The van der Waals surface area contributed by atoms with Crippen molar-refractivity contribution in [2.24, 2.45) is 0 Å². The van der Waals surface area contributed by atoms with Gasteiger partial charge in [-0.3, -0.25) is 0 Å². The maximum atomic E-state index is 5.68. The van der Waals surface area contributed by atoms with Crippen molar-refractivity contribution in [3.05, 3.63) is 29.3 Å². The van der Waals surface area contributed by atoms with Crippen LogP contribution in [-0.2, 0) is 11.2 Å². The van der Waals surface area contributed by atoms with Crippen molar-refractivity contribution in [3.63, 3.8) is 0 Å². The molecule has 2 unspecified atom stereocenters. The Balaban J connectivity index is 1.82. The molecule has 1 aromatic rings. The minimum atomic E-state index is 0.285. The molecule has 0 radical (unpaired) electrons. The number of ether oxygens (including phenoxy) is 2. The summed E-state index contributed by atoms with van der Waals surface area (Å²) >= 11 is 0. The second kappa shape index (κ2) is 5.90. The molecule has 0 bridgehead atoms. The summed E-state index contributed by atoms with van der Waals surface area (Å²) in [4.78, 5) is 0. The van der Waals surface area contributed by atoms with Gasteiger partial charge in [0.05, 0.1) is 25.9 Å². The van der Waals surface area contributed by atoms with Gasteiger partial charge in [-0.15, -0.1) is 0 Å². The molecule has 0 aliphatic carbocycles. The average molecular weight is 262 g/mol. The quantitative estimate of drug-likeness (QED) is 0.860. The molecule has 2 aliphatic rings. The maximum Gasteiger partial charge on any atom is 0.122 e. The fraction of sp³-hybridized carbons (Fsp3) is 0.600. The van der Waals surface area contributed by atoms with Crippen LogP contribution in [0, 0.1) is 0 Å². The molecule has 2 N–H and O–H groups in total. The highest BCUT2D eigenvalue weighted by Crippen LogP contribution is 2.29. The molecule has 1 saturated heterocycles. The molecule has 0 spiro atoms. The smallest absolute Gasteiger partial charge is 0.122 e. The fourth-order valence-electron chi connectivity index (χ4n) is 2.97. The third kappa shape index (κ3) is 2.76. The van der Waals surface area contributed by atoms with Gasteiger partial charge in [0.25, 0.3) is 0 Å². The number of likely N-dealkylation sites (N-methyl/N-ethyl adjacent to an activating group) is 1. The second-order valence-electron chi connectivity index (χ2n) is 5.22. The summed E-state index contributed by atoms with van der Waals surface area (Å²) < 4.78 is 11.2. The highest BCUT2D eigenvalue weighted by molar-refractivity contribution is 5.40. The summed E-state index contributed by atoms with van der Waals surface area (Å²) in [5.41, 5.74) is 2.65. The van der Waals surface area contributed by atoms with E-state index in [4.69, 9.17) is 9.47 Å². The van der Waals surface area contributed by atoms with Crippen molar-refractivity contribution < 1.29 is 9.47 Å². The van der Waals surface area contributed by atoms with Crippen LogP contribution in [0.3, 0.4) is 0 Å². The molecule has 104 valence electrons. The molecular weight excluding hydrogens is 240 g/mol. The Bertz CT molecular complexity index is 430. The van der Waals surface area contributed by atoms with Crippen LogP contribution < -0.4 is 15.4 Å². The molecular formula is C15H22N2O2. The zero-order valence-electron chi connectivity index (χ0n) is 11.4. The number of hydrogen-bond acceptors (Lipinski definition) is 4. The summed E-state index contributed by atoms with van der Waals surface area (Å²) in [6.07, 6.45) is 2.24. The monoisotopic (exact) mass is 262 g/mol. The van der Waals surface area contributed by atoms with E-state index in [9.17, 15) is 0 Å². The van der Waals surface area contributed by atoms with E-state index in [1.165, 1.54) is 11.1 Å². The van der Waals surface area contributed by atoms with Crippen molar-refractivity contribution in [2.75, 3.05) is 33.4 Å². The SMILES string of the molecule is CNC(c1ccc2c(c1)CCCO2)C1COCCN1. The van der Waals surface area contributed by atoms with Crippen LogP contribution in [0.15, 0.2) is 18.2 Å². The summed E-state index contributed by atoms with van der Waals surface area (Å²) in [5.74, 6) is 1.05. The van der Waals surface area contributed by atoms with Gasteiger partial charge in [0.2, 0.25) is 0 Å². The number of fused-ring (bicyclic) bond motifs is 1. The highest BCUT2D eigenvalue weighted by Gasteiger charge is 2.25. The Hall–Kier alpha value is -1.10. The van der Waals surface area contributed by atoms with Crippen LogP contribution in [0.5, 0.6) is 5.75 Å². The van der Waals surface area contributed by atoms with Gasteiger partial charge in [-0.1, -0.05) is 12.1 Å². The minimum Gasteiger partial charge on any atom is -0.493 e. The zero-order valence-corrected chi connectivity index (χ0v) is 11.4. The lowest BCUT2D eigenvalue weighted by molar-refractivity contribution is 0.0645. The molecule has 2 aliphatic heterocycles. The molecule has 2 atom stereocenters. The standard InChI is InChI=1S/C15H22N2O2/c1-16-15(13-10-18-8-6-17-13)12-4-5-14-11(9-12)3-2-7-19-14/h4-5,9,13,15-17H,2-3,6-8,10H2,1H3. The van der Waals surface area contributed by atoms with E-state index in [-0.39, 0.29) is 6.04 Å². The number of morpholine rings is 1. The van der Waals surface area contributed by atoms with Crippen molar-refractivity contribution in [1.29, 1.82) is 0 Å². The number of nitrogens with one attached hydrogen (secondary N) is 2. The first-order valence-corrected chi connectivity index (χ1v) is 7.12. The number of benzene rings is 1. The Morgan fingerprint density at radius 1 is 1.37 bits per heavy atom. The van der Waals surface area contributed by atoms with Crippen LogP contribution in [0.1, 0.15) is 23.6 Å². The molecule has 19 heavy (non-hydrogen) atoms. The zero-order chi connectivity index (χ0) is 13.1. The van der Waals surface area contributed by atoms with Crippen molar-refractivity contribution in [3.8, 4) is 5.75 Å². The highest BCUT2D eigenvalue weighted by atomic mass is 16.5. The lowest BCUT2D eigenvalue weighted by atomic mass is 9.95. The third-order valence-corrected chi connectivity index (χ3v) is 3.96. The van der Waals surface area contributed by atoms with E-state index < -0.39 is 0 Å². The first kappa shape index (κ1) is 12.9. The Labute approximate surface area is 114 Å². The summed E-state index contributed by atoms with van der Waals surface area (Å²) in [7, 11) is 2.01. The first-order valence-electron chi connectivity index (χ1n) is 7.12. The lowest BCUT2D eigenvalue weighted by Gasteiger charge is -2.32. The Morgan fingerprint density at radius 3 is 3.11 bits per heavy atom. The maximum absolute atomic E-state index is 5.68.